The molecule has 0 saturated carbocycles. The zero-order valence-corrected chi connectivity index (χ0v) is 13.4. The van der Waals surface area contributed by atoms with Gasteiger partial charge in [0, 0.05) is 23.7 Å². The molecule has 0 unspecified atom stereocenters. The van der Waals surface area contributed by atoms with Crippen LogP contribution in [0.4, 0.5) is 5.82 Å². The zero-order chi connectivity index (χ0) is 17.1. The Labute approximate surface area is 145 Å². The van der Waals surface area contributed by atoms with Crippen LogP contribution in [0.1, 0.15) is 5.56 Å². The number of nitrogens with one attached hydrogen (secondary N) is 1. The molecule has 0 saturated heterocycles. The molecule has 2 heterocycles. The molecule has 0 aliphatic heterocycles. The lowest BCUT2D eigenvalue weighted by atomic mass is 10.1. The van der Waals surface area contributed by atoms with E-state index in [1.807, 2.05) is 42.5 Å². The van der Waals surface area contributed by atoms with E-state index in [0.717, 1.165) is 27.7 Å². The summed E-state index contributed by atoms with van der Waals surface area (Å²) in [6.45, 7) is 0.559. The maximum absolute atomic E-state index is 9.54. The molecule has 0 aliphatic rings. The van der Waals surface area contributed by atoms with Crippen molar-refractivity contribution in [3.8, 4) is 17.0 Å². The second-order valence-corrected chi connectivity index (χ2v) is 5.69. The van der Waals surface area contributed by atoms with Gasteiger partial charge in [0.05, 0.1) is 23.6 Å². The number of anilines is 1. The van der Waals surface area contributed by atoms with Crippen molar-refractivity contribution in [2.24, 2.45) is 0 Å². The Kier molecular flexibility index (Phi) is 3.96. The van der Waals surface area contributed by atoms with Crippen molar-refractivity contribution in [3.05, 3.63) is 78.8 Å². The molecule has 122 valence electrons. The van der Waals surface area contributed by atoms with E-state index in [2.05, 4.69) is 20.3 Å². The number of pyridine rings is 1. The fourth-order valence-corrected chi connectivity index (χ4v) is 2.77. The molecule has 25 heavy (non-hydrogen) atoms. The van der Waals surface area contributed by atoms with Crippen LogP contribution >= 0.6 is 0 Å². The minimum absolute atomic E-state index is 0.252. The normalized spacial score (nSPS) is 10.7. The van der Waals surface area contributed by atoms with Crippen LogP contribution in [-0.2, 0) is 6.54 Å². The second-order valence-electron chi connectivity index (χ2n) is 5.69. The summed E-state index contributed by atoms with van der Waals surface area (Å²) in [6, 6.07) is 17.1. The highest BCUT2D eigenvalue weighted by Crippen LogP contribution is 2.26. The van der Waals surface area contributed by atoms with Gasteiger partial charge in [0.1, 0.15) is 11.6 Å². The first kappa shape index (κ1) is 15.1. The predicted molar refractivity (Wildman–Crippen MR) is 98.2 cm³/mol. The molecule has 0 radical (unpaired) electrons. The Morgan fingerprint density at radius 3 is 2.80 bits per heavy atom. The van der Waals surface area contributed by atoms with Crippen molar-refractivity contribution in [1.29, 1.82) is 0 Å². The molecule has 0 spiro atoms. The van der Waals surface area contributed by atoms with Crippen LogP contribution in [0.3, 0.4) is 0 Å². The molecule has 4 aromatic rings. The first-order chi connectivity index (χ1) is 12.3. The number of hydrogen-bond donors (Lipinski definition) is 2. The fourth-order valence-electron chi connectivity index (χ4n) is 2.77. The van der Waals surface area contributed by atoms with Gasteiger partial charge in [-0.15, -0.1) is 0 Å². The van der Waals surface area contributed by atoms with E-state index >= 15 is 0 Å². The van der Waals surface area contributed by atoms with Crippen LogP contribution in [0.2, 0.25) is 0 Å². The summed E-state index contributed by atoms with van der Waals surface area (Å²) < 4.78 is 0. The van der Waals surface area contributed by atoms with Crippen molar-refractivity contribution in [1.82, 2.24) is 15.0 Å². The lowest BCUT2D eigenvalue weighted by Crippen LogP contribution is -2.02. The lowest BCUT2D eigenvalue weighted by Gasteiger charge is -2.09. The Hall–Kier alpha value is -3.47. The highest BCUT2D eigenvalue weighted by molar-refractivity contribution is 5.93. The van der Waals surface area contributed by atoms with Gasteiger partial charge in [-0.25, -0.2) is 4.98 Å². The third-order valence-electron chi connectivity index (χ3n) is 3.94. The average molecular weight is 328 g/mol. The van der Waals surface area contributed by atoms with Crippen LogP contribution in [-0.4, -0.2) is 20.1 Å². The van der Waals surface area contributed by atoms with E-state index in [1.54, 1.807) is 30.7 Å². The van der Waals surface area contributed by atoms with Gasteiger partial charge in [-0.2, -0.15) is 0 Å². The van der Waals surface area contributed by atoms with Crippen LogP contribution in [0.5, 0.6) is 5.75 Å². The van der Waals surface area contributed by atoms with E-state index < -0.39 is 0 Å². The van der Waals surface area contributed by atoms with E-state index in [0.29, 0.717) is 12.4 Å². The van der Waals surface area contributed by atoms with Crippen molar-refractivity contribution >= 4 is 16.7 Å². The zero-order valence-electron chi connectivity index (χ0n) is 13.4. The summed E-state index contributed by atoms with van der Waals surface area (Å²) in [6.07, 6.45) is 5.22. The monoisotopic (exact) mass is 328 g/mol. The first-order valence-corrected chi connectivity index (χ1v) is 7.97. The van der Waals surface area contributed by atoms with Gasteiger partial charge >= 0.3 is 0 Å². The Morgan fingerprint density at radius 2 is 1.88 bits per heavy atom. The molecular formula is C20H16N4O. The molecular weight excluding hydrogens is 312 g/mol. The van der Waals surface area contributed by atoms with Gasteiger partial charge in [-0.05, 0) is 29.8 Å². The number of phenolic OH excluding ortho intramolecular Hbond substituents is 1. The highest BCUT2D eigenvalue weighted by atomic mass is 16.3. The van der Waals surface area contributed by atoms with Crippen molar-refractivity contribution < 1.29 is 5.11 Å². The molecule has 2 aromatic carbocycles. The number of aromatic hydroxyl groups is 1. The maximum atomic E-state index is 9.54. The second kappa shape index (κ2) is 6.57. The van der Waals surface area contributed by atoms with Gasteiger partial charge in [0.2, 0.25) is 0 Å². The van der Waals surface area contributed by atoms with Crippen LogP contribution < -0.4 is 5.32 Å². The molecule has 4 rings (SSSR count). The topological polar surface area (TPSA) is 70.9 Å². The molecule has 0 fully saturated rings. The molecule has 5 nitrogen and oxygen atoms in total. The number of fused-ring (bicyclic) bond motifs is 1. The van der Waals surface area contributed by atoms with Crippen molar-refractivity contribution in [2.75, 3.05) is 5.32 Å². The average Bonchev–Trinajstić information content (AvgIpc) is 2.66. The molecule has 2 N–H and O–H groups in total. The minimum Gasteiger partial charge on any atom is -0.508 e. The third-order valence-corrected chi connectivity index (χ3v) is 3.94. The predicted octanol–water partition coefficient (Wildman–Crippen LogP) is 4.01. The van der Waals surface area contributed by atoms with Crippen LogP contribution in [0, 0.1) is 0 Å². The van der Waals surface area contributed by atoms with E-state index in [-0.39, 0.29) is 5.75 Å². The standard InChI is InChI=1S/C20H16N4O/c25-15-5-1-4-14(10-15)11-23-20-13-21-12-19(24-20)17-6-2-8-18-16(17)7-3-9-22-18/h1-10,12-13,25H,11H2,(H,23,24). The van der Waals surface area contributed by atoms with Gasteiger partial charge in [0.25, 0.3) is 0 Å². The summed E-state index contributed by atoms with van der Waals surface area (Å²) in [5, 5.41) is 13.8. The summed E-state index contributed by atoms with van der Waals surface area (Å²) in [5.41, 5.74) is 3.69. The lowest BCUT2D eigenvalue weighted by molar-refractivity contribution is 0.474. The minimum atomic E-state index is 0.252. The molecule has 0 bridgehead atoms. The van der Waals surface area contributed by atoms with Crippen LogP contribution in [0.15, 0.2) is 73.2 Å². The van der Waals surface area contributed by atoms with Crippen molar-refractivity contribution in [3.63, 3.8) is 0 Å². The largest absolute Gasteiger partial charge is 0.508 e. The van der Waals surface area contributed by atoms with E-state index in [1.165, 1.54) is 0 Å². The molecule has 5 heteroatoms. The molecule has 0 atom stereocenters. The van der Waals surface area contributed by atoms with Gasteiger partial charge in [-0.1, -0.05) is 30.3 Å². The SMILES string of the molecule is Oc1cccc(CNc2cncc(-c3cccc4ncccc34)n2)c1. The number of hydrogen-bond acceptors (Lipinski definition) is 5. The van der Waals surface area contributed by atoms with Gasteiger partial charge < -0.3 is 10.4 Å². The fraction of sp³-hybridized carbons (Fsp3) is 0.0500. The Morgan fingerprint density at radius 1 is 0.960 bits per heavy atom. The van der Waals surface area contributed by atoms with E-state index in [9.17, 15) is 5.11 Å². The number of aromatic nitrogens is 3. The Balaban J connectivity index is 1.63. The summed E-state index contributed by atoms with van der Waals surface area (Å²) in [7, 11) is 0. The Bertz CT molecular complexity index is 1030. The van der Waals surface area contributed by atoms with Crippen LogP contribution in [0.25, 0.3) is 22.2 Å². The summed E-state index contributed by atoms with van der Waals surface area (Å²) in [5.74, 6) is 0.934. The molecule has 0 amide bonds. The molecule has 0 aliphatic carbocycles. The number of benzene rings is 2. The quantitative estimate of drug-likeness (QED) is 0.592. The number of phenols is 1. The first-order valence-electron chi connectivity index (χ1n) is 7.97. The number of rotatable bonds is 4. The summed E-state index contributed by atoms with van der Waals surface area (Å²) >= 11 is 0. The number of nitrogens with zero attached hydrogens (tertiary/aromatic N) is 3. The maximum Gasteiger partial charge on any atom is 0.145 e. The highest BCUT2D eigenvalue weighted by Gasteiger charge is 2.07. The smallest absolute Gasteiger partial charge is 0.145 e. The molecule has 2 aromatic heterocycles. The summed E-state index contributed by atoms with van der Waals surface area (Å²) in [4.78, 5) is 13.4. The van der Waals surface area contributed by atoms with Crippen molar-refractivity contribution in [2.45, 2.75) is 6.54 Å². The van der Waals surface area contributed by atoms with Gasteiger partial charge in [-0.3, -0.25) is 9.97 Å². The third kappa shape index (κ3) is 3.26. The van der Waals surface area contributed by atoms with Gasteiger partial charge in [0.15, 0.2) is 0 Å². The van der Waals surface area contributed by atoms with E-state index in [4.69, 9.17) is 0 Å².